The van der Waals surface area contributed by atoms with Gasteiger partial charge in [-0.3, -0.25) is 0 Å². The van der Waals surface area contributed by atoms with Crippen LogP contribution in [0.2, 0.25) is 0 Å². The van der Waals surface area contributed by atoms with E-state index in [-0.39, 0.29) is 38.9 Å². The normalized spacial score (nSPS) is 11.4. The van der Waals surface area contributed by atoms with E-state index in [0.717, 1.165) is 22.8 Å². The molecule has 1 heterocycles. The highest BCUT2D eigenvalue weighted by atomic mass is 19.3. The Balaban J connectivity index is 1.45. The molecule has 3 aromatic rings. The number of halogens is 2. The predicted molar refractivity (Wildman–Crippen MR) is 112 cm³/mol. The quantitative estimate of drug-likeness (QED) is 0.207. The molecular weight excluding hydrogens is 390 g/mol. The van der Waals surface area contributed by atoms with Crippen molar-refractivity contribution in [3.63, 3.8) is 0 Å². The molecule has 0 aliphatic carbocycles. The maximum Gasteiger partial charge on any atom is 0.330 e. The number of esters is 1. The van der Waals surface area contributed by atoms with Gasteiger partial charge in [-0.1, -0.05) is 36.9 Å². The molecule has 2 aromatic carbocycles. The van der Waals surface area contributed by atoms with E-state index in [0.29, 0.717) is 11.3 Å². The number of alkyl halides is 2. The Bertz CT molecular complexity index is 979. The predicted octanol–water partition coefficient (Wildman–Crippen LogP) is 6.40. The van der Waals surface area contributed by atoms with Crippen LogP contribution in [0, 0.1) is 0 Å². The van der Waals surface area contributed by atoms with Crippen LogP contribution in [0.3, 0.4) is 0 Å². The van der Waals surface area contributed by atoms with Crippen molar-refractivity contribution in [3.8, 4) is 17.1 Å². The van der Waals surface area contributed by atoms with Gasteiger partial charge in [-0.15, -0.1) is 0 Å². The minimum absolute atomic E-state index is 0.0366. The third-order valence-electron chi connectivity index (χ3n) is 4.60. The first-order chi connectivity index (χ1) is 14.5. The summed E-state index contributed by atoms with van der Waals surface area (Å²) in [6.45, 7) is 3.39. The van der Waals surface area contributed by atoms with Gasteiger partial charge in [-0.25, -0.2) is 13.6 Å². The summed E-state index contributed by atoms with van der Waals surface area (Å²) >= 11 is 0. The molecule has 4 nitrogen and oxygen atoms in total. The van der Waals surface area contributed by atoms with E-state index in [9.17, 15) is 13.6 Å². The minimum Gasteiger partial charge on any atom is -0.493 e. The third kappa shape index (κ3) is 6.17. The minimum atomic E-state index is -2.82. The van der Waals surface area contributed by atoms with Crippen molar-refractivity contribution in [3.05, 3.63) is 67.3 Å². The summed E-state index contributed by atoms with van der Waals surface area (Å²) in [7, 11) is 0. The van der Waals surface area contributed by atoms with Crippen LogP contribution in [0.4, 0.5) is 8.78 Å². The number of benzene rings is 2. The van der Waals surface area contributed by atoms with Gasteiger partial charge in [-0.2, -0.15) is 0 Å². The largest absolute Gasteiger partial charge is 0.493 e. The van der Waals surface area contributed by atoms with E-state index in [1.165, 1.54) is 0 Å². The van der Waals surface area contributed by atoms with Crippen LogP contribution in [-0.4, -0.2) is 25.1 Å². The summed E-state index contributed by atoms with van der Waals surface area (Å²) in [5.41, 5.74) is 1.67. The second-order valence-electron chi connectivity index (χ2n) is 6.96. The van der Waals surface area contributed by atoms with Crippen molar-refractivity contribution < 1.29 is 27.5 Å². The molecule has 6 heteroatoms. The zero-order chi connectivity index (χ0) is 21.4. The van der Waals surface area contributed by atoms with Gasteiger partial charge in [0.25, 0.3) is 0 Å². The van der Waals surface area contributed by atoms with Crippen LogP contribution < -0.4 is 4.74 Å². The number of hydrogen-bond acceptors (Lipinski definition) is 4. The number of carbonyl (C=O) groups is 1. The Kier molecular flexibility index (Phi) is 7.22. The van der Waals surface area contributed by atoms with Gasteiger partial charge in [0.1, 0.15) is 17.1 Å². The maximum absolute atomic E-state index is 13.9. The molecule has 3 rings (SSSR count). The van der Waals surface area contributed by atoms with Crippen molar-refractivity contribution in [2.24, 2.45) is 0 Å². The lowest BCUT2D eigenvalue weighted by Gasteiger charge is -2.16. The van der Waals surface area contributed by atoms with Crippen LogP contribution in [-0.2, 0) is 9.53 Å². The zero-order valence-electron chi connectivity index (χ0n) is 16.6. The monoisotopic (exact) mass is 414 g/mol. The molecule has 0 N–H and O–H groups in total. The van der Waals surface area contributed by atoms with Crippen molar-refractivity contribution in [2.75, 3.05) is 13.2 Å². The van der Waals surface area contributed by atoms with Crippen molar-refractivity contribution >= 4 is 16.9 Å². The Hall–Kier alpha value is -3.15. The summed E-state index contributed by atoms with van der Waals surface area (Å²) in [5.74, 6) is -2.08. The molecule has 30 heavy (non-hydrogen) atoms. The average Bonchev–Trinajstić information content (AvgIpc) is 3.18. The van der Waals surface area contributed by atoms with Gasteiger partial charge >= 0.3 is 5.97 Å². The molecular formula is C24H24F2O4. The van der Waals surface area contributed by atoms with Gasteiger partial charge in [0, 0.05) is 35.9 Å². The number of furan rings is 1. The third-order valence-corrected chi connectivity index (χ3v) is 4.60. The van der Waals surface area contributed by atoms with E-state index in [2.05, 4.69) is 6.58 Å². The molecule has 0 aliphatic heterocycles. The van der Waals surface area contributed by atoms with E-state index in [1.54, 1.807) is 12.1 Å². The molecule has 0 aliphatic rings. The lowest BCUT2D eigenvalue weighted by molar-refractivity contribution is -0.138. The Morgan fingerprint density at radius 3 is 2.50 bits per heavy atom. The first-order valence-electron chi connectivity index (χ1n) is 9.86. The van der Waals surface area contributed by atoms with E-state index >= 15 is 0 Å². The molecule has 0 atom stereocenters. The summed E-state index contributed by atoms with van der Waals surface area (Å²) in [6, 6.07) is 17.2. The number of carbonyl (C=O) groups excluding carboxylic acids is 1. The summed E-state index contributed by atoms with van der Waals surface area (Å²) in [5, 5.41) is 0.949. The fourth-order valence-electron chi connectivity index (χ4n) is 3.05. The van der Waals surface area contributed by atoms with Crippen LogP contribution in [0.1, 0.15) is 25.7 Å². The standard InChI is InChI=1S/C24H24F2O4/c1-2-23(27)29-15-7-13-24(25,26)12-6-14-28-20-11-10-19-16-21(30-22(19)17-20)18-8-4-3-5-9-18/h2-5,8-11,16-17H,1,6-7,12-15H2. The van der Waals surface area contributed by atoms with Crippen molar-refractivity contribution in [1.29, 1.82) is 0 Å². The fraction of sp³-hybridized carbons (Fsp3) is 0.292. The molecule has 0 bridgehead atoms. The van der Waals surface area contributed by atoms with Crippen LogP contribution in [0.5, 0.6) is 5.75 Å². The SMILES string of the molecule is C=CC(=O)OCCCC(F)(F)CCCOc1ccc2cc(-c3ccccc3)oc2c1. The number of rotatable bonds is 11. The molecule has 0 unspecified atom stereocenters. The average molecular weight is 414 g/mol. The molecule has 158 valence electrons. The smallest absolute Gasteiger partial charge is 0.330 e. The van der Waals surface area contributed by atoms with Crippen molar-refractivity contribution in [2.45, 2.75) is 31.6 Å². The summed E-state index contributed by atoms with van der Waals surface area (Å²) in [6.07, 6.45) is 0.705. The summed E-state index contributed by atoms with van der Waals surface area (Å²) in [4.78, 5) is 10.9. The van der Waals surface area contributed by atoms with Gasteiger partial charge in [0.05, 0.1) is 13.2 Å². The highest BCUT2D eigenvalue weighted by Gasteiger charge is 2.27. The van der Waals surface area contributed by atoms with Crippen LogP contribution in [0.25, 0.3) is 22.3 Å². The van der Waals surface area contributed by atoms with Crippen LogP contribution >= 0.6 is 0 Å². The first-order valence-corrected chi connectivity index (χ1v) is 9.86. The highest BCUT2D eigenvalue weighted by molar-refractivity contribution is 5.84. The maximum atomic E-state index is 13.9. The van der Waals surface area contributed by atoms with E-state index < -0.39 is 11.9 Å². The highest BCUT2D eigenvalue weighted by Crippen LogP contribution is 2.30. The van der Waals surface area contributed by atoms with Crippen molar-refractivity contribution in [1.82, 2.24) is 0 Å². The number of ether oxygens (including phenoxy) is 2. The fourth-order valence-corrected chi connectivity index (χ4v) is 3.05. The van der Waals surface area contributed by atoms with Gasteiger partial charge in [0.2, 0.25) is 5.92 Å². The molecule has 0 amide bonds. The van der Waals surface area contributed by atoms with Gasteiger partial charge < -0.3 is 13.9 Å². The molecule has 1 aromatic heterocycles. The van der Waals surface area contributed by atoms with E-state index in [4.69, 9.17) is 13.9 Å². The molecule has 0 spiro atoms. The summed E-state index contributed by atoms with van der Waals surface area (Å²) < 4.78 is 44.0. The van der Waals surface area contributed by atoms with E-state index in [1.807, 2.05) is 42.5 Å². The lowest BCUT2D eigenvalue weighted by atomic mass is 10.1. The Morgan fingerprint density at radius 2 is 1.77 bits per heavy atom. The van der Waals surface area contributed by atoms with Gasteiger partial charge in [-0.05, 0) is 31.0 Å². The number of fused-ring (bicyclic) bond motifs is 1. The zero-order valence-corrected chi connectivity index (χ0v) is 16.6. The van der Waals surface area contributed by atoms with Crippen LogP contribution in [0.15, 0.2) is 71.7 Å². The second kappa shape index (κ2) is 10.1. The second-order valence-corrected chi connectivity index (χ2v) is 6.96. The molecule has 0 saturated heterocycles. The first kappa shape index (κ1) is 21.6. The Labute approximate surface area is 174 Å². The molecule has 0 fully saturated rings. The van der Waals surface area contributed by atoms with Gasteiger partial charge in [0.15, 0.2) is 0 Å². The Morgan fingerprint density at radius 1 is 1.03 bits per heavy atom. The number of hydrogen-bond donors (Lipinski definition) is 0. The lowest BCUT2D eigenvalue weighted by Crippen LogP contribution is -2.18. The topological polar surface area (TPSA) is 48.7 Å². The molecule has 0 saturated carbocycles. The molecule has 0 radical (unpaired) electrons.